The van der Waals surface area contributed by atoms with Gasteiger partial charge in [0.25, 0.3) is 0 Å². The molecule has 1 amide bonds. The maximum atomic E-state index is 12.1. The number of nitrogens with one attached hydrogen (secondary N) is 2. The van der Waals surface area contributed by atoms with Gasteiger partial charge in [-0.3, -0.25) is 4.79 Å². The Hall–Kier alpha value is -2.64. The molecular formula is C19H22N2O4S. The van der Waals surface area contributed by atoms with Crippen molar-refractivity contribution >= 4 is 27.7 Å². The minimum Gasteiger partial charge on any atom is -0.491 e. The Morgan fingerprint density at radius 1 is 1.12 bits per heavy atom. The van der Waals surface area contributed by atoms with Gasteiger partial charge in [-0.1, -0.05) is 31.2 Å². The van der Waals surface area contributed by atoms with Gasteiger partial charge >= 0.3 is 0 Å². The molecule has 0 unspecified atom stereocenters. The fourth-order valence-corrected chi connectivity index (χ4v) is 2.86. The van der Waals surface area contributed by atoms with Crippen LogP contribution in [0, 0.1) is 0 Å². The fraction of sp³-hybridized carbons (Fsp3) is 0.211. The second kappa shape index (κ2) is 9.17. The minimum absolute atomic E-state index is 0.170. The Balaban J connectivity index is 2.04. The predicted molar refractivity (Wildman–Crippen MR) is 103 cm³/mol. The highest BCUT2D eigenvalue weighted by atomic mass is 32.2. The predicted octanol–water partition coefficient (Wildman–Crippen LogP) is 3.04. The van der Waals surface area contributed by atoms with Crippen molar-refractivity contribution in [3.05, 3.63) is 60.2 Å². The van der Waals surface area contributed by atoms with Crippen LogP contribution >= 0.6 is 0 Å². The third-order valence-electron chi connectivity index (χ3n) is 3.49. The monoisotopic (exact) mass is 374 g/mol. The van der Waals surface area contributed by atoms with Crippen LogP contribution < -0.4 is 14.8 Å². The number of rotatable bonds is 8. The molecule has 0 saturated carbocycles. The second-order valence-corrected chi connectivity index (χ2v) is 7.33. The van der Waals surface area contributed by atoms with Crippen molar-refractivity contribution in [1.82, 2.24) is 4.72 Å². The lowest BCUT2D eigenvalue weighted by atomic mass is 10.2. The van der Waals surface area contributed by atoms with Gasteiger partial charge in [-0.15, -0.1) is 0 Å². The smallest absolute Gasteiger partial charge is 0.248 e. The molecule has 0 aliphatic carbocycles. The van der Waals surface area contributed by atoms with Gasteiger partial charge < -0.3 is 10.1 Å². The van der Waals surface area contributed by atoms with E-state index in [1.807, 2.05) is 19.1 Å². The number of carbonyl (C=O) groups excluding carboxylic acids is 1. The molecule has 0 spiro atoms. The number of sulfonamides is 1. The molecule has 0 fully saturated rings. The summed E-state index contributed by atoms with van der Waals surface area (Å²) in [6.45, 7) is 2.58. The quantitative estimate of drug-likeness (QED) is 0.696. The molecule has 0 radical (unpaired) electrons. The van der Waals surface area contributed by atoms with Crippen molar-refractivity contribution in [2.75, 3.05) is 19.0 Å². The number of benzene rings is 2. The van der Waals surface area contributed by atoms with Crippen LogP contribution in [0.5, 0.6) is 5.75 Å². The van der Waals surface area contributed by atoms with Gasteiger partial charge in [0.2, 0.25) is 15.9 Å². The van der Waals surface area contributed by atoms with E-state index in [1.165, 1.54) is 25.3 Å². The summed E-state index contributed by atoms with van der Waals surface area (Å²) in [5.41, 5.74) is 1.32. The molecule has 0 heterocycles. The van der Waals surface area contributed by atoms with Gasteiger partial charge in [-0.2, -0.15) is 0 Å². The lowest BCUT2D eigenvalue weighted by molar-refractivity contribution is -0.111. The van der Waals surface area contributed by atoms with Gasteiger partial charge in [-0.05, 0) is 49.4 Å². The summed E-state index contributed by atoms with van der Waals surface area (Å²) in [6, 6.07) is 13.5. The molecule has 0 bridgehead atoms. The summed E-state index contributed by atoms with van der Waals surface area (Å²) in [7, 11) is -2.11. The normalized spacial score (nSPS) is 11.5. The number of carbonyl (C=O) groups is 1. The van der Waals surface area contributed by atoms with Crippen molar-refractivity contribution in [3.8, 4) is 5.75 Å². The van der Waals surface area contributed by atoms with E-state index in [0.717, 1.165) is 6.42 Å². The molecule has 138 valence electrons. The first kappa shape index (κ1) is 19.7. The lowest BCUT2D eigenvalue weighted by Gasteiger charge is -2.10. The highest BCUT2D eigenvalue weighted by molar-refractivity contribution is 7.89. The van der Waals surface area contributed by atoms with E-state index in [9.17, 15) is 13.2 Å². The molecule has 2 aromatic rings. The van der Waals surface area contributed by atoms with Gasteiger partial charge in [0.05, 0.1) is 17.2 Å². The number of ether oxygens (including phenoxy) is 1. The summed E-state index contributed by atoms with van der Waals surface area (Å²) in [6.07, 6.45) is 3.88. The molecule has 2 N–H and O–H groups in total. The van der Waals surface area contributed by atoms with Crippen LogP contribution in [0.4, 0.5) is 5.69 Å². The van der Waals surface area contributed by atoms with E-state index in [4.69, 9.17) is 4.74 Å². The van der Waals surface area contributed by atoms with Gasteiger partial charge in [-0.25, -0.2) is 13.1 Å². The molecule has 0 saturated heterocycles. The van der Waals surface area contributed by atoms with Crippen LogP contribution in [0.3, 0.4) is 0 Å². The summed E-state index contributed by atoms with van der Waals surface area (Å²) in [5, 5.41) is 2.78. The highest BCUT2D eigenvalue weighted by Crippen LogP contribution is 2.24. The average molecular weight is 374 g/mol. The zero-order chi connectivity index (χ0) is 19.0. The first-order chi connectivity index (χ1) is 12.5. The van der Waals surface area contributed by atoms with Crippen LogP contribution in [-0.2, 0) is 14.8 Å². The summed E-state index contributed by atoms with van der Waals surface area (Å²) < 4.78 is 31.2. The minimum atomic E-state index is -3.47. The van der Waals surface area contributed by atoms with E-state index in [0.29, 0.717) is 23.6 Å². The summed E-state index contributed by atoms with van der Waals surface area (Å²) in [5.74, 6) is 0.321. The second-order valence-electron chi connectivity index (χ2n) is 5.44. The number of hydrogen-bond acceptors (Lipinski definition) is 4. The number of amides is 1. The van der Waals surface area contributed by atoms with Crippen LogP contribution in [0.15, 0.2) is 59.5 Å². The average Bonchev–Trinajstić information content (AvgIpc) is 2.66. The molecule has 2 rings (SSSR count). The van der Waals surface area contributed by atoms with Gasteiger partial charge in [0.15, 0.2) is 0 Å². The van der Waals surface area contributed by atoms with Crippen molar-refractivity contribution in [2.24, 2.45) is 0 Å². The van der Waals surface area contributed by atoms with E-state index in [1.54, 1.807) is 30.3 Å². The largest absolute Gasteiger partial charge is 0.491 e. The molecule has 2 aromatic carbocycles. The standard InChI is InChI=1S/C19H22N2O4S/c1-3-14-25-18-7-5-4-6-17(18)21-19(22)13-10-15-8-11-16(12-9-15)26(23,24)20-2/h4-13,20H,3,14H2,1-2H3,(H,21,22)/b13-10+. The maximum Gasteiger partial charge on any atom is 0.248 e. The van der Waals surface area contributed by atoms with Crippen molar-refractivity contribution < 1.29 is 17.9 Å². The fourth-order valence-electron chi connectivity index (χ4n) is 2.13. The number of para-hydroxylation sites is 2. The molecule has 7 heteroatoms. The molecule has 0 aliphatic heterocycles. The van der Waals surface area contributed by atoms with E-state index in [-0.39, 0.29) is 10.8 Å². The summed E-state index contributed by atoms with van der Waals surface area (Å²) in [4.78, 5) is 12.3. The SMILES string of the molecule is CCCOc1ccccc1NC(=O)/C=C/c1ccc(S(=O)(=O)NC)cc1. The Bertz CT molecular complexity index is 875. The molecule has 6 nitrogen and oxygen atoms in total. The highest BCUT2D eigenvalue weighted by Gasteiger charge is 2.10. The Morgan fingerprint density at radius 3 is 2.46 bits per heavy atom. The van der Waals surface area contributed by atoms with Crippen molar-refractivity contribution in [1.29, 1.82) is 0 Å². The Labute approximate surface area is 153 Å². The molecule has 0 atom stereocenters. The third kappa shape index (κ3) is 5.44. The Kier molecular flexibility index (Phi) is 6.94. The van der Waals surface area contributed by atoms with E-state index >= 15 is 0 Å². The van der Waals surface area contributed by atoms with Gasteiger partial charge in [0, 0.05) is 6.08 Å². The van der Waals surface area contributed by atoms with Crippen molar-refractivity contribution in [3.63, 3.8) is 0 Å². The van der Waals surface area contributed by atoms with E-state index < -0.39 is 10.0 Å². The zero-order valence-electron chi connectivity index (χ0n) is 14.7. The first-order valence-electron chi connectivity index (χ1n) is 8.21. The number of hydrogen-bond donors (Lipinski definition) is 2. The zero-order valence-corrected chi connectivity index (χ0v) is 15.5. The lowest BCUT2D eigenvalue weighted by Crippen LogP contribution is -2.18. The van der Waals surface area contributed by atoms with Crippen LogP contribution in [0.1, 0.15) is 18.9 Å². The third-order valence-corrected chi connectivity index (χ3v) is 4.92. The molecule has 0 aliphatic rings. The van der Waals surface area contributed by atoms with E-state index in [2.05, 4.69) is 10.0 Å². The molecule has 0 aromatic heterocycles. The topological polar surface area (TPSA) is 84.5 Å². The summed E-state index contributed by atoms with van der Waals surface area (Å²) >= 11 is 0. The maximum absolute atomic E-state index is 12.1. The van der Waals surface area contributed by atoms with Crippen LogP contribution in [0.25, 0.3) is 6.08 Å². The molecular weight excluding hydrogens is 352 g/mol. The Morgan fingerprint density at radius 2 is 1.81 bits per heavy atom. The van der Waals surface area contributed by atoms with Crippen molar-refractivity contribution in [2.45, 2.75) is 18.2 Å². The van der Waals surface area contributed by atoms with Crippen LogP contribution in [0.2, 0.25) is 0 Å². The van der Waals surface area contributed by atoms with Crippen LogP contribution in [-0.4, -0.2) is 28.0 Å². The first-order valence-corrected chi connectivity index (χ1v) is 9.69. The molecule has 26 heavy (non-hydrogen) atoms. The van der Waals surface area contributed by atoms with Gasteiger partial charge in [0.1, 0.15) is 5.75 Å². The number of anilines is 1.